The topological polar surface area (TPSA) is 34.4 Å². The van der Waals surface area contributed by atoms with Gasteiger partial charge in [-0.05, 0) is 35.9 Å². The monoisotopic (exact) mass is 423 g/mol. The summed E-state index contributed by atoms with van der Waals surface area (Å²) in [4.78, 5) is 2.34. The van der Waals surface area contributed by atoms with Crippen LogP contribution in [-0.4, -0.2) is 55.1 Å². The number of likely N-dealkylation sites (N-methyl/N-ethyl adjacent to an activating group) is 1. The third-order valence-corrected chi connectivity index (χ3v) is 6.21. The molecule has 5 heteroatoms. The number of hydrogen-bond acceptors (Lipinski definition) is 5. The van der Waals surface area contributed by atoms with Gasteiger partial charge in [-0.2, -0.15) is 10.2 Å². The molecule has 1 fully saturated rings. The van der Waals surface area contributed by atoms with Gasteiger partial charge >= 0.3 is 0 Å². The molecule has 0 saturated carbocycles. The van der Waals surface area contributed by atoms with Crippen LogP contribution in [0.4, 0.5) is 5.69 Å². The average Bonchev–Trinajstić information content (AvgIpc) is 3.31. The van der Waals surface area contributed by atoms with Crippen LogP contribution < -0.4 is 5.01 Å². The zero-order chi connectivity index (χ0) is 21.8. The molecule has 0 radical (unpaired) electrons. The highest BCUT2D eigenvalue weighted by atomic mass is 15.5. The SMILES string of the molecule is CN1CCN(/N=C/c2ccc(N3N=C(c4ccccc4)CC3c3ccccc3)cc2)CC1. The molecule has 32 heavy (non-hydrogen) atoms. The first-order valence-corrected chi connectivity index (χ1v) is 11.3. The Labute approximate surface area is 190 Å². The van der Waals surface area contributed by atoms with Crippen LogP contribution in [0.3, 0.4) is 0 Å². The largest absolute Gasteiger partial charge is 0.303 e. The number of piperazine rings is 1. The molecule has 0 bridgehead atoms. The lowest BCUT2D eigenvalue weighted by atomic mass is 9.98. The summed E-state index contributed by atoms with van der Waals surface area (Å²) >= 11 is 0. The van der Waals surface area contributed by atoms with E-state index in [2.05, 4.69) is 106 Å². The number of anilines is 1. The van der Waals surface area contributed by atoms with Crippen LogP contribution >= 0.6 is 0 Å². The van der Waals surface area contributed by atoms with Crippen LogP contribution in [0.5, 0.6) is 0 Å². The molecule has 1 unspecified atom stereocenters. The highest BCUT2D eigenvalue weighted by molar-refractivity contribution is 6.03. The Morgan fingerprint density at radius 2 is 1.47 bits per heavy atom. The Morgan fingerprint density at radius 1 is 0.812 bits per heavy atom. The van der Waals surface area contributed by atoms with E-state index in [9.17, 15) is 0 Å². The zero-order valence-electron chi connectivity index (χ0n) is 18.5. The summed E-state index contributed by atoms with van der Waals surface area (Å²) < 4.78 is 0. The van der Waals surface area contributed by atoms with Crippen molar-refractivity contribution in [3.63, 3.8) is 0 Å². The molecule has 2 heterocycles. The summed E-state index contributed by atoms with van der Waals surface area (Å²) in [5.74, 6) is 0. The van der Waals surface area contributed by atoms with Crippen LogP contribution in [0.15, 0.2) is 95.1 Å². The lowest BCUT2D eigenvalue weighted by molar-refractivity contribution is 0.159. The average molecular weight is 424 g/mol. The fourth-order valence-corrected chi connectivity index (χ4v) is 4.26. The zero-order valence-corrected chi connectivity index (χ0v) is 18.5. The van der Waals surface area contributed by atoms with E-state index in [4.69, 9.17) is 5.10 Å². The molecule has 1 atom stereocenters. The van der Waals surface area contributed by atoms with Crippen LogP contribution in [-0.2, 0) is 0 Å². The molecule has 0 spiro atoms. The smallest absolute Gasteiger partial charge is 0.0831 e. The Kier molecular flexibility index (Phi) is 5.99. The lowest BCUT2D eigenvalue weighted by Gasteiger charge is -2.30. The van der Waals surface area contributed by atoms with Gasteiger partial charge in [0.25, 0.3) is 0 Å². The summed E-state index contributed by atoms with van der Waals surface area (Å²) in [5.41, 5.74) is 5.80. The quantitative estimate of drug-likeness (QED) is 0.562. The van der Waals surface area contributed by atoms with E-state index in [0.717, 1.165) is 49.6 Å². The second kappa shape index (κ2) is 9.37. The number of benzene rings is 3. The maximum absolute atomic E-state index is 5.05. The van der Waals surface area contributed by atoms with Crippen molar-refractivity contribution >= 4 is 17.6 Å². The molecule has 0 N–H and O–H groups in total. The first kappa shape index (κ1) is 20.5. The molecule has 162 valence electrons. The van der Waals surface area contributed by atoms with E-state index in [-0.39, 0.29) is 6.04 Å². The van der Waals surface area contributed by atoms with E-state index in [1.54, 1.807) is 0 Å². The highest BCUT2D eigenvalue weighted by Crippen LogP contribution is 2.36. The van der Waals surface area contributed by atoms with Gasteiger partial charge in [0, 0.05) is 32.6 Å². The predicted octanol–water partition coefficient (Wildman–Crippen LogP) is 4.62. The van der Waals surface area contributed by atoms with E-state index in [1.165, 1.54) is 11.1 Å². The number of hydrogen-bond donors (Lipinski definition) is 0. The maximum atomic E-state index is 5.05. The van der Waals surface area contributed by atoms with Gasteiger partial charge in [-0.15, -0.1) is 0 Å². The van der Waals surface area contributed by atoms with Crippen LogP contribution in [0, 0.1) is 0 Å². The minimum atomic E-state index is 0.191. The third-order valence-electron chi connectivity index (χ3n) is 6.21. The molecule has 2 aliphatic rings. The second-order valence-electron chi connectivity index (χ2n) is 8.48. The lowest BCUT2D eigenvalue weighted by Crippen LogP contribution is -2.41. The summed E-state index contributed by atoms with van der Waals surface area (Å²) in [6.07, 6.45) is 2.85. The molecule has 3 aromatic carbocycles. The summed E-state index contributed by atoms with van der Waals surface area (Å²) in [7, 11) is 2.16. The van der Waals surface area contributed by atoms with Crippen LogP contribution in [0.25, 0.3) is 0 Å². The Balaban J connectivity index is 1.37. The number of hydrazone groups is 2. The molecule has 3 aromatic rings. The molecular formula is C27H29N5. The molecule has 0 aliphatic carbocycles. The van der Waals surface area contributed by atoms with Crippen molar-refractivity contribution in [2.45, 2.75) is 12.5 Å². The fraction of sp³-hybridized carbons (Fsp3) is 0.259. The van der Waals surface area contributed by atoms with Crippen molar-refractivity contribution in [3.8, 4) is 0 Å². The Bertz CT molecular complexity index is 1070. The van der Waals surface area contributed by atoms with Crippen LogP contribution in [0.1, 0.15) is 29.2 Å². The van der Waals surface area contributed by atoms with Crippen molar-refractivity contribution in [3.05, 3.63) is 102 Å². The van der Waals surface area contributed by atoms with Gasteiger partial charge in [0.2, 0.25) is 0 Å². The Morgan fingerprint density at radius 3 is 2.16 bits per heavy atom. The molecule has 0 amide bonds. The minimum absolute atomic E-state index is 0.191. The third kappa shape index (κ3) is 4.58. The normalized spacial score (nSPS) is 19.5. The van der Waals surface area contributed by atoms with Crippen molar-refractivity contribution in [2.75, 3.05) is 38.2 Å². The molecule has 0 aromatic heterocycles. The highest BCUT2D eigenvalue weighted by Gasteiger charge is 2.29. The van der Waals surface area contributed by atoms with Gasteiger partial charge in [-0.3, -0.25) is 10.0 Å². The van der Waals surface area contributed by atoms with Crippen LogP contribution in [0.2, 0.25) is 0 Å². The van der Waals surface area contributed by atoms with Crippen molar-refractivity contribution in [2.24, 2.45) is 10.2 Å². The standard InChI is InChI=1S/C27H29N5/c1-30-16-18-31(19-17-30)28-21-22-12-14-25(15-13-22)32-27(24-10-6-3-7-11-24)20-26(29-32)23-8-4-2-5-9-23/h2-15,21,27H,16-20H2,1H3/b28-21+. The molecule has 5 nitrogen and oxygen atoms in total. The van der Waals surface area contributed by atoms with Gasteiger partial charge < -0.3 is 4.90 Å². The Hall–Kier alpha value is -3.44. The van der Waals surface area contributed by atoms with E-state index in [0.29, 0.717) is 0 Å². The summed E-state index contributed by atoms with van der Waals surface area (Å²) in [6.45, 7) is 4.09. The number of rotatable bonds is 5. The maximum Gasteiger partial charge on any atom is 0.0831 e. The summed E-state index contributed by atoms with van der Waals surface area (Å²) in [5, 5.41) is 14.0. The first-order chi connectivity index (χ1) is 15.8. The van der Waals surface area contributed by atoms with Gasteiger partial charge in [-0.1, -0.05) is 72.8 Å². The molecule has 1 saturated heterocycles. The van der Waals surface area contributed by atoms with Crippen molar-refractivity contribution < 1.29 is 0 Å². The van der Waals surface area contributed by atoms with Gasteiger partial charge in [0.15, 0.2) is 0 Å². The molecular weight excluding hydrogens is 394 g/mol. The molecule has 5 rings (SSSR count). The predicted molar refractivity (Wildman–Crippen MR) is 132 cm³/mol. The number of nitrogens with zero attached hydrogens (tertiary/aromatic N) is 5. The van der Waals surface area contributed by atoms with Crippen molar-refractivity contribution in [1.29, 1.82) is 0 Å². The van der Waals surface area contributed by atoms with E-state index >= 15 is 0 Å². The van der Waals surface area contributed by atoms with Crippen molar-refractivity contribution in [1.82, 2.24) is 9.91 Å². The van der Waals surface area contributed by atoms with Gasteiger partial charge in [-0.25, -0.2) is 0 Å². The van der Waals surface area contributed by atoms with E-state index < -0.39 is 0 Å². The van der Waals surface area contributed by atoms with Gasteiger partial charge in [0.05, 0.1) is 23.7 Å². The molecule has 2 aliphatic heterocycles. The fourth-order valence-electron chi connectivity index (χ4n) is 4.26. The van der Waals surface area contributed by atoms with Gasteiger partial charge in [0.1, 0.15) is 0 Å². The first-order valence-electron chi connectivity index (χ1n) is 11.3. The second-order valence-corrected chi connectivity index (χ2v) is 8.48. The van der Waals surface area contributed by atoms with E-state index in [1.807, 2.05) is 12.3 Å². The summed E-state index contributed by atoms with van der Waals surface area (Å²) in [6, 6.07) is 29.9. The minimum Gasteiger partial charge on any atom is -0.303 e.